The van der Waals surface area contributed by atoms with Crippen LogP contribution < -0.4 is 5.32 Å². The van der Waals surface area contributed by atoms with Crippen molar-refractivity contribution in [3.8, 4) is 0 Å². The Labute approximate surface area is 110 Å². The van der Waals surface area contributed by atoms with Crippen molar-refractivity contribution in [3.63, 3.8) is 0 Å². The van der Waals surface area contributed by atoms with E-state index in [-0.39, 0.29) is 5.82 Å². The summed E-state index contributed by atoms with van der Waals surface area (Å²) in [4.78, 5) is 0. The predicted octanol–water partition coefficient (Wildman–Crippen LogP) is 4.05. The molecule has 1 saturated carbocycles. The molecule has 1 aliphatic carbocycles. The van der Waals surface area contributed by atoms with Crippen LogP contribution in [0.5, 0.6) is 0 Å². The molecule has 0 aliphatic heterocycles. The highest BCUT2D eigenvalue weighted by atomic mass is 19.1. The van der Waals surface area contributed by atoms with Gasteiger partial charge in [0.2, 0.25) is 0 Å². The SMILES string of the molecule is Cc1ccc(CNCC2CCCCC2C)cc1F. The molecule has 1 aromatic carbocycles. The van der Waals surface area contributed by atoms with E-state index in [0.717, 1.165) is 36.1 Å². The highest BCUT2D eigenvalue weighted by Crippen LogP contribution is 2.28. The lowest BCUT2D eigenvalue weighted by Gasteiger charge is -2.28. The molecule has 2 unspecified atom stereocenters. The minimum absolute atomic E-state index is 0.0969. The number of benzene rings is 1. The van der Waals surface area contributed by atoms with Gasteiger partial charge in [0, 0.05) is 6.54 Å². The van der Waals surface area contributed by atoms with Crippen molar-refractivity contribution in [3.05, 3.63) is 35.1 Å². The molecule has 0 bridgehead atoms. The van der Waals surface area contributed by atoms with Gasteiger partial charge in [0.15, 0.2) is 0 Å². The maximum absolute atomic E-state index is 13.4. The molecule has 18 heavy (non-hydrogen) atoms. The number of halogens is 1. The molecule has 1 N–H and O–H groups in total. The van der Waals surface area contributed by atoms with Crippen molar-refractivity contribution in [2.24, 2.45) is 11.8 Å². The number of nitrogens with one attached hydrogen (secondary N) is 1. The maximum atomic E-state index is 13.4. The predicted molar refractivity (Wildman–Crippen MR) is 74.0 cm³/mol. The van der Waals surface area contributed by atoms with Gasteiger partial charge < -0.3 is 5.32 Å². The molecule has 1 fully saturated rings. The van der Waals surface area contributed by atoms with Gasteiger partial charge in [-0.05, 0) is 48.9 Å². The minimum atomic E-state index is -0.0969. The van der Waals surface area contributed by atoms with E-state index in [9.17, 15) is 4.39 Å². The zero-order chi connectivity index (χ0) is 13.0. The molecule has 2 rings (SSSR count). The van der Waals surface area contributed by atoms with E-state index in [1.165, 1.54) is 25.7 Å². The molecule has 2 heteroatoms. The van der Waals surface area contributed by atoms with E-state index in [1.54, 1.807) is 13.0 Å². The Bertz CT molecular complexity index is 389. The summed E-state index contributed by atoms with van der Waals surface area (Å²) in [6, 6.07) is 5.51. The summed E-state index contributed by atoms with van der Waals surface area (Å²) < 4.78 is 13.4. The first-order valence-corrected chi connectivity index (χ1v) is 7.12. The van der Waals surface area contributed by atoms with Gasteiger partial charge >= 0.3 is 0 Å². The van der Waals surface area contributed by atoms with Crippen molar-refractivity contribution < 1.29 is 4.39 Å². The first kappa shape index (κ1) is 13.5. The third-order valence-electron chi connectivity index (χ3n) is 4.26. The van der Waals surface area contributed by atoms with Crippen LogP contribution in [0.4, 0.5) is 4.39 Å². The molecular formula is C16H24FN. The Morgan fingerprint density at radius 3 is 2.78 bits per heavy atom. The van der Waals surface area contributed by atoms with Crippen LogP contribution in [0.3, 0.4) is 0 Å². The summed E-state index contributed by atoms with van der Waals surface area (Å²) in [6.45, 7) is 6.00. The zero-order valence-corrected chi connectivity index (χ0v) is 11.5. The number of hydrogen-bond acceptors (Lipinski definition) is 1. The molecule has 0 spiro atoms. The summed E-state index contributed by atoms with van der Waals surface area (Å²) in [6.07, 6.45) is 5.47. The maximum Gasteiger partial charge on any atom is 0.126 e. The van der Waals surface area contributed by atoms with Gasteiger partial charge in [-0.1, -0.05) is 38.3 Å². The van der Waals surface area contributed by atoms with Gasteiger partial charge in [-0.3, -0.25) is 0 Å². The van der Waals surface area contributed by atoms with Gasteiger partial charge in [0.25, 0.3) is 0 Å². The molecule has 100 valence electrons. The molecule has 0 saturated heterocycles. The summed E-state index contributed by atoms with van der Waals surface area (Å²) in [7, 11) is 0. The van der Waals surface area contributed by atoms with Crippen LogP contribution in [0, 0.1) is 24.6 Å². The topological polar surface area (TPSA) is 12.0 Å². The fourth-order valence-corrected chi connectivity index (χ4v) is 2.84. The Balaban J connectivity index is 1.79. The standard InChI is InChI=1S/C16H24FN/c1-12-5-3-4-6-15(12)11-18-10-14-8-7-13(2)16(17)9-14/h7-9,12,15,18H,3-6,10-11H2,1-2H3. The first-order chi connectivity index (χ1) is 8.66. The Hall–Kier alpha value is -0.890. The van der Waals surface area contributed by atoms with E-state index in [4.69, 9.17) is 0 Å². The average molecular weight is 249 g/mol. The summed E-state index contributed by atoms with van der Waals surface area (Å²) in [5.41, 5.74) is 1.77. The largest absolute Gasteiger partial charge is 0.312 e. The molecule has 2 atom stereocenters. The third-order valence-corrected chi connectivity index (χ3v) is 4.26. The molecular weight excluding hydrogens is 225 g/mol. The number of aryl methyl sites for hydroxylation is 1. The summed E-state index contributed by atoms with van der Waals surface area (Å²) in [5.74, 6) is 1.54. The van der Waals surface area contributed by atoms with Gasteiger partial charge in [-0.2, -0.15) is 0 Å². The lowest BCUT2D eigenvalue weighted by Crippen LogP contribution is -2.29. The van der Waals surface area contributed by atoms with E-state index in [2.05, 4.69) is 12.2 Å². The molecule has 0 radical (unpaired) electrons. The van der Waals surface area contributed by atoms with Gasteiger partial charge in [0.05, 0.1) is 0 Å². The Morgan fingerprint density at radius 2 is 2.06 bits per heavy atom. The average Bonchev–Trinajstić information content (AvgIpc) is 2.36. The fraction of sp³-hybridized carbons (Fsp3) is 0.625. The Morgan fingerprint density at radius 1 is 1.28 bits per heavy atom. The Kier molecular flexibility index (Phi) is 4.76. The van der Waals surface area contributed by atoms with E-state index >= 15 is 0 Å². The van der Waals surface area contributed by atoms with Gasteiger partial charge in [-0.15, -0.1) is 0 Å². The lowest BCUT2D eigenvalue weighted by atomic mass is 9.80. The van der Waals surface area contributed by atoms with Crippen LogP contribution >= 0.6 is 0 Å². The van der Waals surface area contributed by atoms with Crippen LogP contribution in [0.2, 0.25) is 0 Å². The highest BCUT2D eigenvalue weighted by Gasteiger charge is 2.20. The second kappa shape index (κ2) is 6.33. The molecule has 1 aromatic rings. The van der Waals surface area contributed by atoms with Crippen LogP contribution in [0.1, 0.15) is 43.7 Å². The highest BCUT2D eigenvalue weighted by molar-refractivity contribution is 5.23. The summed E-state index contributed by atoms with van der Waals surface area (Å²) in [5, 5.41) is 3.48. The van der Waals surface area contributed by atoms with Crippen LogP contribution in [-0.4, -0.2) is 6.54 Å². The van der Waals surface area contributed by atoms with Crippen molar-refractivity contribution in [2.45, 2.75) is 46.1 Å². The molecule has 0 amide bonds. The van der Waals surface area contributed by atoms with Gasteiger partial charge in [0.1, 0.15) is 5.82 Å². The second-order valence-electron chi connectivity index (χ2n) is 5.74. The first-order valence-electron chi connectivity index (χ1n) is 7.12. The van der Waals surface area contributed by atoms with E-state index in [1.807, 2.05) is 12.1 Å². The van der Waals surface area contributed by atoms with Crippen molar-refractivity contribution in [2.75, 3.05) is 6.54 Å². The van der Waals surface area contributed by atoms with Crippen LogP contribution in [0.15, 0.2) is 18.2 Å². The molecule has 1 aliphatic rings. The van der Waals surface area contributed by atoms with Crippen LogP contribution in [0.25, 0.3) is 0 Å². The fourth-order valence-electron chi connectivity index (χ4n) is 2.84. The monoisotopic (exact) mass is 249 g/mol. The van der Waals surface area contributed by atoms with E-state index < -0.39 is 0 Å². The molecule has 0 heterocycles. The normalized spacial score (nSPS) is 24.2. The molecule has 0 aromatic heterocycles. The van der Waals surface area contributed by atoms with Crippen molar-refractivity contribution >= 4 is 0 Å². The second-order valence-corrected chi connectivity index (χ2v) is 5.74. The third kappa shape index (κ3) is 3.55. The number of rotatable bonds is 4. The smallest absolute Gasteiger partial charge is 0.126 e. The van der Waals surface area contributed by atoms with Crippen molar-refractivity contribution in [1.29, 1.82) is 0 Å². The van der Waals surface area contributed by atoms with E-state index in [0.29, 0.717) is 0 Å². The summed E-state index contributed by atoms with van der Waals surface area (Å²) >= 11 is 0. The number of hydrogen-bond donors (Lipinski definition) is 1. The quantitative estimate of drug-likeness (QED) is 0.849. The van der Waals surface area contributed by atoms with Gasteiger partial charge in [-0.25, -0.2) is 4.39 Å². The van der Waals surface area contributed by atoms with Crippen molar-refractivity contribution in [1.82, 2.24) is 5.32 Å². The van der Waals surface area contributed by atoms with Crippen LogP contribution in [-0.2, 0) is 6.54 Å². The minimum Gasteiger partial charge on any atom is -0.312 e. The zero-order valence-electron chi connectivity index (χ0n) is 11.5. The molecule has 1 nitrogen and oxygen atoms in total. The lowest BCUT2D eigenvalue weighted by molar-refractivity contribution is 0.247.